The van der Waals surface area contributed by atoms with Crippen molar-refractivity contribution in [3.63, 3.8) is 0 Å². The average molecular weight is 342 g/mol. The van der Waals surface area contributed by atoms with Crippen LogP contribution in [0.4, 0.5) is 0 Å². The standard InChI is InChI=1S/C12H22O11/c13-1-4(15)7(17)8(18)5(16)3-22-12-11(21)10(20)9(19)6(2-14)23-12/h5-14,16-21H,1-3H2/t5-,6-,7+,8+,9-,10+,11-,12-/m1/s1. The van der Waals surface area contributed by atoms with E-state index in [9.17, 15) is 35.4 Å². The molecule has 0 radical (unpaired) electrons. The monoisotopic (exact) mass is 342 g/mol. The summed E-state index contributed by atoms with van der Waals surface area (Å²) in [4.78, 5) is 11.0. The molecule has 0 saturated carbocycles. The molecule has 0 bridgehead atoms. The van der Waals surface area contributed by atoms with Gasteiger partial charge in [0.15, 0.2) is 12.1 Å². The van der Waals surface area contributed by atoms with Crippen molar-refractivity contribution < 1.29 is 55.1 Å². The normalized spacial score (nSPS) is 35.6. The van der Waals surface area contributed by atoms with Gasteiger partial charge >= 0.3 is 0 Å². The molecule has 8 N–H and O–H groups in total. The van der Waals surface area contributed by atoms with E-state index in [1.165, 1.54) is 0 Å². The van der Waals surface area contributed by atoms with Crippen LogP contribution in [0, 0.1) is 0 Å². The summed E-state index contributed by atoms with van der Waals surface area (Å²) >= 11 is 0. The minimum absolute atomic E-state index is 0.667. The first kappa shape index (κ1) is 20.3. The van der Waals surface area contributed by atoms with Gasteiger partial charge in [0.1, 0.15) is 49.3 Å². The van der Waals surface area contributed by atoms with Crippen LogP contribution in [-0.2, 0) is 14.3 Å². The average Bonchev–Trinajstić information content (AvgIpc) is 2.56. The maximum Gasteiger partial charge on any atom is 0.189 e. The van der Waals surface area contributed by atoms with Crippen LogP contribution >= 0.6 is 0 Å². The summed E-state index contributed by atoms with van der Waals surface area (Å²) in [5.41, 5.74) is 0. The lowest BCUT2D eigenvalue weighted by Gasteiger charge is -2.40. The molecule has 1 saturated heterocycles. The molecule has 8 atom stereocenters. The number of aliphatic hydroxyl groups excluding tert-OH is 8. The molecule has 1 fully saturated rings. The Bertz CT molecular complexity index is 376. The third-order valence-electron chi connectivity index (χ3n) is 3.48. The van der Waals surface area contributed by atoms with Crippen molar-refractivity contribution in [2.24, 2.45) is 0 Å². The third-order valence-corrected chi connectivity index (χ3v) is 3.48. The Labute approximate surface area is 130 Å². The molecular formula is C12H22O11. The minimum Gasteiger partial charge on any atom is -0.394 e. The molecule has 0 spiro atoms. The largest absolute Gasteiger partial charge is 0.394 e. The molecule has 1 heterocycles. The summed E-state index contributed by atoms with van der Waals surface area (Å²) in [5.74, 6) is -1.11. The molecule has 11 nitrogen and oxygen atoms in total. The SMILES string of the molecule is O=C(CO)[C@H](O)[C@@H](O)[C@H](O)CO[C@@H]1O[C@H](CO)[C@@H](O)[C@H](O)[C@H]1O. The van der Waals surface area contributed by atoms with Crippen molar-refractivity contribution in [2.75, 3.05) is 19.8 Å². The fraction of sp³-hybridized carbons (Fsp3) is 0.917. The zero-order valence-corrected chi connectivity index (χ0v) is 12.0. The fourth-order valence-electron chi connectivity index (χ4n) is 1.99. The van der Waals surface area contributed by atoms with Crippen LogP contribution in [0.1, 0.15) is 0 Å². The lowest BCUT2D eigenvalue weighted by Crippen LogP contribution is -2.59. The van der Waals surface area contributed by atoms with E-state index in [1.54, 1.807) is 0 Å². The molecule has 0 unspecified atom stereocenters. The number of rotatable bonds is 8. The van der Waals surface area contributed by atoms with Crippen LogP contribution in [0.15, 0.2) is 0 Å². The predicted molar refractivity (Wildman–Crippen MR) is 69.8 cm³/mol. The Hall–Kier alpha value is -0.730. The number of hydrogen-bond acceptors (Lipinski definition) is 11. The lowest BCUT2D eigenvalue weighted by molar-refractivity contribution is -0.306. The zero-order chi connectivity index (χ0) is 17.7. The summed E-state index contributed by atoms with van der Waals surface area (Å²) in [6.45, 7) is -2.40. The number of ether oxygens (including phenoxy) is 2. The van der Waals surface area contributed by atoms with Crippen molar-refractivity contribution in [3.8, 4) is 0 Å². The van der Waals surface area contributed by atoms with Crippen LogP contribution in [0.3, 0.4) is 0 Å². The van der Waals surface area contributed by atoms with E-state index in [0.717, 1.165) is 0 Å². The highest BCUT2D eigenvalue weighted by Gasteiger charge is 2.44. The molecule has 1 aliphatic heterocycles. The topological polar surface area (TPSA) is 197 Å². The Morgan fingerprint density at radius 3 is 2.17 bits per heavy atom. The maximum atomic E-state index is 11.0. The molecule has 0 amide bonds. The number of carbonyl (C=O) groups is 1. The van der Waals surface area contributed by atoms with E-state index >= 15 is 0 Å². The Morgan fingerprint density at radius 1 is 1.04 bits per heavy atom. The summed E-state index contributed by atoms with van der Waals surface area (Å²) in [7, 11) is 0. The van der Waals surface area contributed by atoms with Crippen LogP contribution in [0.5, 0.6) is 0 Å². The van der Waals surface area contributed by atoms with E-state index in [4.69, 9.17) is 19.7 Å². The summed E-state index contributed by atoms with van der Waals surface area (Å²) in [5, 5.41) is 74.8. The van der Waals surface area contributed by atoms with Gasteiger partial charge in [-0.2, -0.15) is 0 Å². The molecule has 23 heavy (non-hydrogen) atoms. The number of ketones is 1. The molecule has 0 aromatic rings. The second kappa shape index (κ2) is 8.94. The number of hydrogen-bond donors (Lipinski definition) is 8. The zero-order valence-electron chi connectivity index (χ0n) is 12.0. The van der Waals surface area contributed by atoms with Crippen LogP contribution in [-0.4, -0.2) is 115 Å². The quantitative estimate of drug-likeness (QED) is 0.209. The first-order chi connectivity index (χ1) is 10.7. The molecule has 0 aromatic heterocycles. The molecular weight excluding hydrogens is 320 g/mol. The van der Waals surface area contributed by atoms with Gasteiger partial charge in [0.25, 0.3) is 0 Å². The van der Waals surface area contributed by atoms with Gasteiger partial charge < -0.3 is 50.3 Å². The summed E-state index contributed by atoms with van der Waals surface area (Å²) in [6.07, 6.45) is -13.4. The molecule has 1 rings (SSSR count). The fourth-order valence-corrected chi connectivity index (χ4v) is 1.99. The van der Waals surface area contributed by atoms with E-state index in [0.29, 0.717) is 0 Å². The van der Waals surface area contributed by atoms with Gasteiger partial charge in [-0.05, 0) is 0 Å². The van der Waals surface area contributed by atoms with Gasteiger partial charge in [0.05, 0.1) is 13.2 Å². The third kappa shape index (κ3) is 4.87. The van der Waals surface area contributed by atoms with Gasteiger partial charge in [-0.15, -0.1) is 0 Å². The van der Waals surface area contributed by atoms with E-state index < -0.39 is 74.6 Å². The molecule has 0 aliphatic carbocycles. The molecule has 136 valence electrons. The van der Waals surface area contributed by atoms with Gasteiger partial charge in [-0.3, -0.25) is 4.79 Å². The smallest absolute Gasteiger partial charge is 0.189 e. The summed E-state index contributed by atoms with van der Waals surface area (Å²) in [6, 6.07) is 0. The van der Waals surface area contributed by atoms with Crippen molar-refractivity contribution in [3.05, 3.63) is 0 Å². The second-order valence-corrected chi connectivity index (χ2v) is 5.16. The Balaban J connectivity index is 2.57. The maximum absolute atomic E-state index is 11.0. The van der Waals surface area contributed by atoms with Gasteiger partial charge in [-0.1, -0.05) is 0 Å². The minimum atomic E-state index is -2.03. The lowest BCUT2D eigenvalue weighted by atomic mass is 9.99. The van der Waals surface area contributed by atoms with Crippen molar-refractivity contribution >= 4 is 5.78 Å². The Kier molecular flexibility index (Phi) is 7.89. The van der Waals surface area contributed by atoms with Gasteiger partial charge in [-0.25, -0.2) is 0 Å². The van der Waals surface area contributed by atoms with Gasteiger partial charge in [0, 0.05) is 0 Å². The van der Waals surface area contributed by atoms with E-state index in [1.807, 2.05) is 0 Å². The highest BCUT2D eigenvalue weighted by molar-refractivity contribution is 5.84. The van der Waals surface area contributed by atoms with E-state index in [2.05, 4.69) is 0 Å². The van der Waals surface area contributed by atoms with E-state index in [-0.39, 0.29) is 0 Å². The van der Waals surface area contributed by atoms with Crippen molar-refractivity contribution in [2.45, 2.75) is 49.0 Å². The van der Waals surface area contributed by atoms with Crippen molar-refractivity contribution in [1.82, 2.24) is 0 Å². The highest BCUT2D eigenvalue weighted by atomic mass is 16.7. The van der Waals surface area contributed by atoms with Gasteiger partial charge in [0.2, 0.25) is 0 Å². The van der Waals surface area contributed by atoms with Crippen LogP contribution < -0.4 is 0 Å². The molecule has 11 heteroatoms. The summed E-state index contributed by atoms with van der Waals surface area (Å²) < 4.78 is 9.94. The van der Waals surface area contributed by atoms with Crippen LogP contribution in [0.25, 0.3) is 0 Å². The molecule has 1 aliphatic rings. The number of Topliss-reactive ketones (excluding diaryl/α,β-unsaturated/α-hetero) is 1. The van der Waals surface area contributed by atoms with Crippen LogP contribution in [0.2, 0.25) is 0 Å². The Morgan fingerprint density at radius 2 is 1.65 bits per heavy atom. The predicted octanol–water partition coefficient (Wildman–Crippen LogP) is -5.55. The second-order valence-electron chi connectivity index (χ2n) is 5.16. The number of aliphatic hydroxyl groups is 8. The highest BCUT2D eigenvalue weighted by Crippen LogP contribution is 2.22. The first-order valence-corrected chi connectivity index (χ1v) is 6.84. The molecule has 0 aromatic carbocycles. The number of carbonyl (C=O) groups excluding carboxylic acids is 1. The van der Waals surface area contributed by atoms with Crippen molar-refractivity contribution in [1.29, 1.82) is 0 Å². The first-order valence-electron chi connectivity index (χ1n) is 6.84.